The molecule has 27 heavy (non-hydrogen) atoms. The quantitative estimate of drug-likeness (QED) is 0.415. The zero-order chi connectivity index (χ0) is 19.2. The fraction of sp³-hybridized carbons (Fsp3) is 0.529. The highest BCUT2D eigenvalue weighted by Gasteiger charge is 2.17. The van der Waals surface area contributed by atoms with E-state index in [1.807, 2.05) is 19.1 Å². The Morgan fingerprint density at radius 2 is 2.11 bits per heavy atom. The van der Waals surface area contributed by atoms with Crippen molar-refractivity contribution >= 4 is 11.6 Å². The third-order valence-corrected chi connectivity index (χ3v) is 4.66. The van der Waals surface area contributed by atoms with Gasteiger partial charge in [-0.05, 0) is 50.0 Å². The number of hydrazine groups is 1. The Morgan fingerprint density at radius 1 is 1.33 bits per heavy atom. The number of nitrogens with zero attached hydrogens (tertiary/aromatic N) is 5. The van der Waals surface area contributed by atoms with Gasteiger partial charge in [0.2, 0.25) is 0 Å². The molecule has 2 aromatic rings. The molecule has 0 radical (unpaired) electrons. The van der Waals surface area contributed by atoms with Crippen LogP contribution in [-0.2, 0) is 0 Å². The number of pyridine rings is 1. The van der Waals surface area contributed by atoms with Crippen LogP contribution in [0.3, 0.4) is 0 Å². The summed E-state index contributed by atoms with van der Waals surface area (Å²) in [7, 11) is 1.72. The number of anilines is 1. The number of ether oxygens (including phenoxy) is 1. The zero-order valence-electron chi connectivity index (χ0n) is 15.8. The minimum absolute atomic E-state index is 0.280. The molecule has 146 valence electrons. The van der Waals surface area contributed by atoms with Crippen molar-refractivity contribution in [1.29, 1.82) is 0 Å². The van der Waals surface area contributed by atoms with Gasteiger partial charge in [-0.2, -0.15) is 5.21 Å². The molecule has 2 aromatic heterocycles. The Balaban J connectivity index is 1.75. The van der Waals surface area contributed by atoms with Crippen molar-refractivity contribution in [2.75, 3.05) is 18.9 Å². The molecular weight excluding hydrogens is 346 g/mol. The molecule has 0 bridgehead atoms. The smallest absolute Gasteiger partial charge is 0.263 e. The SMILES string of the molecule is Cc1nc(/C(N)=C(\CNc2nn[nH]n2)N(C)N)ccc1OC1CCCCC1. The van der Waals surface area contributed by atoms with Gasteiger partial charge in [-0.1, -0.05) is 11.5 Å². The first-order valence-corrected chi connectivity index (χ1v) is 9.13. The topological polar surface area (TPSA) is 144 Å². The fourth-order valence-corrected chi connectivity index (χ4v) is 3.14. The number of H-pyrrole nitrogens is 1. The van der Waals surface area contributed by atoms with Crippen LogP contribution in [0.2, 0.25) is 0 Å². The first kappa shape index (κ1) is 18.9. The van der Waals surface area contributed by atoms with Crippen molar-refractivity contribution < 1.29 is 4.74 Å². The second kappa shape index (κ2) is 8.67. The summed E-state index contributed by atoms with van der Waals surface area (Å²) in [4.78, 5) is 4.62. The van der Waals surface area contributed by atoms with E-state index in [-0.39, 0.29) is 6.10 Å². The van der Waals surface area contributed by atoms with E-state index >= 15 is 0 Å². The molecule has 0 atom stereocenters. The van der Waals surface area contributed by atoms with Crippen LogP contribution in [0.1, 0.15) is 43.5 Å². The largest absolute Gasteiger partial charge is 0.489 e. The Hall–Kier alpha value is -2.88. The summed E-state index contributed by atoms with van der Waals surface area (Å²) in [6.07, 6.45) is 6.24. The van der Waals surface area contributed by atoms with Crippen molar-refractivity contribution in [3.05, 3.63) is 29.2 Å². The number of tetrazole rings is 1. The number of rotatable bonds is 7. The number of hydrogen-bond acceptors (Lipinski definition) is 9. The van der Waals surface area contributed by atoms with Crippen LogP contribution < -0.4 is 21.6 Å². The Kier molecular flexibility index (Phi) is 6.07. The van der Waals surface area contributed by atoms with E-state index in [4.69, 9.17) is 16.3 Å². The predicted molar refractivity (Wildman–Crippen MR) is 102 cm³/mol. The highest BCUT2D eigenvalue weighted by Crippen LogP contribution is 2.26. The summed E-state index contributed by atoms with van der Waals surface area (Å²) in [5, 5.41) is 18.0. The molecule has 6 N–H and O–H groups in total. The van der Waals surface area contributed by atoms with E-state index in [0.717, 1.165) is 24.3 Å². The summed E-state index contributed by atoms with van der Waals surface area (Å²) in [6, 6.07) is 3.79. The summed E-state index contributed by atoms with van der Waals surface area (Å²) >= 11 is 0. The third-order valence-electron chi connectivity index (χ3n) is 4.66. The second-order valence-electron chi connectivity index (χ2n) is 6.72. The minimum Gasteiger partial charge on any atom is -0.489 e. The lowest BCUT2D eigenvalue weighted by molar-refractivity contribution is 0.153. The summed E-state index contributed by atoms with van der Waals surface area (Å²) in [5.41, 5.74) is 8.92. The number of hydrogen-bond donors (Lipinski definition) is 4. The van der Waals surface area contributed by atoms with Crippen molar-refractivity contribution in [2.24, 2.45) is 11.6 Å². The Labute approximate surface area is 158 Å². The number of nitrogens with two attached hydrogens (primary N) is 2. The molecule has 0 unspecified atom stereocenters. The maximum Gasteiger partial charge on any atom is 0.263 e. The minimum atomic E-state index is 0.280. The van der Waals surface area contributed by atoms with Gasteiger partial charge >= 0.3 is 0 Å². The van der Waals surface area contributed by atoms with E-state index in [1.165, 1.54) is 24.3 Å². The molecule has 1 fully saturated rings. The second-order valence-corrected chi connectivity index (χ2v) is 6.72. The number of aryl methyl sites for hydroxylation is 1. The van der Waals surface area contributed by atoms with Gasteiger partial charge in [0.05, 0.1) is 35.4 Å². The predicted octanol–water partition coefficient (Wildman–Crippen LogP) is 1.16. The summed E-state index contributed by atoms with van der Waals surface area (Å²) in [5.74, 6) is 7.12. The molecule has 0 amide bonds. The normalized spacial score (nSPS) is 16.0. The van der Waals surface area contributed by atoms with Gasteiger partial charge in [-0.25, -0.2) is 10.8 Å². The molecule has 10 nitrogen and oxygen atoms in total. The third kappa shape index (κ3) is 4.85. The number of aromatic nitrogens is 5. The lowest BCUT2D eigenvalue weighted by Crippen LogP contribution is -2.32. The lowest BCUT2D eigenvalue weighted by atomic mass is 9.98. The first-order valence-electron chi connectivity index (χ1n) is 9.13. The molecular formula is C17H27N9O. The van der Waals surface area contributed by atoms with Gasteiger partial charge in [0.25, 0.3) is 5.95 Å². The molecule has 10 heteroatoms. The molecule has 2 heterocycles. The molecule has 3 rings (SSSR count). The Bertz CT molecular complexity index is 767. The van der Waals surface area contributed by atoms with E-state index in [1.54, 1.807) is 7.05 Å². The van der Waals surface area contributed by atoms with Gasteiger partial charge in [-0.3, -0.25) is 0 Å². The standard InChI is InChI=1S/C17H27N9O/c1-11-15(27-12-6-4-3-5-7-12)9-8-13(21-11)16(18)14(26(2)19)10-20-17-22-24-25-23-17/h8-9,12H,3-7,10,18-19H2,1-2H3,(H2,20,22,23,24,25)/b16-14-. The maximum absolute atomic E-state index is 6.33. The van der Waals surface area contributed by atoms with Crippen molar-refractivity contribution in [1.82, 2.24) is 30.6 Å². The fourth-order valence-electron chi connectivity index (χ4n) is 3.14. The van der Waals surface area contributed by atoms with Gasteiger partial charge < -0.3 is 20.8 Å². The Morgan fingerprint density at radius 3 is 2.74 bits per heavy atom. The van der Waals surface area contributed by atoms with E-state index in [2.05, 4.69) is 30.9 Å². The first-order chi connectivity index (χ1) is 13.0. The van der Waals surface area contributed by atoms with Gasteiger partial charge in [0, 0.05) is 7.05 Å². The number of likely N-dealkylation sites (N-methyl/N-ethyl adjacent to an activating group) is 1. The van der Waals surface area contributed by atoms with E-state index in [0.29, 0.717) is 29.6 Å². The average molecular weight is 373 g/mol. The number of aromatic amines is 1. The van der Waals surface area contributed by atoms with Gasteiger partial charge in [0.1, 0.15) is 5.75 Å². The van der Waals surface area contributed by atoms with Crippen LogP contribution in [0, 0.1) is 6.92 Å². The van der Waals surface area contributed by atoms with Gasteiger partial charge in [0.15, 0.2) is 0 Å². The molecule has 1 saturated carbocycles. The van der Waals surface area contributed by atoms with Crippen LogP contribution in [0.15, 0.2) is 17.8 Å². The van der Waals surface area contributed by atoms with Crippen LogP contribution >= 0.6 is 0 Å². The van der Waals surface area contributed by atoms with Gasteiger partial charge in [-0.15, -0.1) is 5.10 Å². The van der Waals surface area contributed by atoms with Crippen LogP contribution in [-0.4, -0.2) is 50.3 Å². The number of nitrogens with one attached hydrogen (secondary N) is 2. The molecule has 0 spiro atoms. The van der Waals surface area contributed by atoms with E-state index in [9.17, 15) is 0 Å². The molecule has 1 aliphatic carbocycles. The van der Waals surface area contributed by atoms with Crippen molar-refractivity contribution in [2.45, 2.75) is 45.1 Å². The highest BCUT2D eigenvalue weighted by molar-refractivity contribution is 5.64. The maximum atomic E-state index is 6.33. The summed E-state index contributed by atoms with van der Waals surface area (Å²) < 4.78 is 6.13. The molecule has 0 aromatic carbocycles. The molecule has 1 aliphatic rings. The average Bonchev–Trinajstić information content (AvgIpc) is 3.17. The molecule has 0 aliphatic heterocycles. The van der Waals surface area contributed by atoms with E-state index < -0.39 is 0 Å². The van der Waals surface area contributed by atoms with Crippen molar-refractivity contribution in [3.63, 3.8) is 0 Å². The molecule has 0 saturated heterocycles. The zero-order valence-corrected chi connectivity index (χ0v) is 15.8. The van der Waals surface area contributed by atoms with Crippen molar-refractivity contribution in [3.8, 4) is 5.75 Å². The van der Waals surface area contributed by atoms with Crippen LogP contribution in [0.5, 0.6) is 5.75 Å². The monoisotopic (exact) mass is 373 g/mol. The van der Waals surface area contributed by atoms with Crippen LogP contribution in [0.4, 0.5) is 5.95 Å². The van der Waals surface area contributed by atoms with Crippen LogP contribution in [0.25, 0.3) is 5.70 Å². The highest BCUT2D eigenvalue weighted by atomic mass is 16.5. The lowest BCUT2D eigenvalue weighted by Gasteiger charge is -2.24. The summed E-state index contributed by atoms with van der Waals surface area (Å²) in [6.45, 7) is 2.26.